The number of hydrogen-bond acceptors (Lipinski definition) is 2. The van der Waals surface area contributed by atoms with Gasteiger partial charge in [-0.15, -0.1) is 11.3 Å². The molecule has 1 rings (SSSR count). The summed E-state index contributed by atoms with van der Waals surface area (Å²) in [4.78, 5) is 1.44. The van der Waals surface area contributed by atoms with Crippen molar-refractivity contribution in [2.45, 2.75) is 33.2 Å². The van der Waals surface area contributed by atoms with Crippen LogP contribution in [0.5, 0.6) is 0 Å². The lowest BCUT2D eigenvalue weighted by Gasteiger charge is -2.30. The first-order valence-electron chi connectivity index (χ1n) is 4.85. The maximum atomic E-state index is 3.49. The van der Waals surface area contributed by atoms with Crippen molar-refractivity contribution in [3.63, 3.8) is 0 Å². The topological polar surface area (TPSA) is 12.0 Å². The number of thiophene rings is 1. The maximum absolute atomic E-state index is 3.49. The Kier molecular flexibility index (Phi) is 4.16. The highest BCUT2D eigenvalue weighted by Gasteiger charge is 2.23. The molecule has 1 aromatic rings. The molecule has 1 N–H and O–H groups in total. The summed E-state index contributed by atoms with van der Waals surface area (Å²) in [5.41, 5.74) is 0.311. The largest absolute Gasteiger partial charge is 0.316 e. The zero-order chi connectivity index (χ0) is 10.8. The highest BCUT2D eigenvalue weighted by molar-refractivity contribution is 9.11. The zero-order valence-corrected chi connectivity index (χ0v) is 11.6. The van der Waals surface area contributed by atoms with Gasteiger partial charge < -0.3 is 5.32 Å². The minimum absolute atomic E-state index is 0.311. The molecule has 0 aromatic carbocycles. The summed E-state index contributed by atoms with van der Waals surface area (Å²) < 4.78 is 1.22. The van der Waals surface area contributed by atoms with E-state index in [1.807, 2.05) is 18.4 Å². The average Bonchev–Trinajstić information content (AvgIpc) is 2.45. The van der Waals surface area contributed by atoms with Gasteiger partial charge in [0.15, 0.2) is 0 Å². The fraction of sp³-hybridized carbons (Fsp3) is 0.636. The molecule has 0 saturated heterocycles. The summed E-state index contributed by atoms with van der Waals surface area (Å²) in [6, 6.07) is 4.85. The number of nitrogens with one attached hydrogen (secondary N) is 1. The molecule has 80 valence electrons. The zero-order valence-electron chi connectivity index (χ0n) is 9.23. The molecule has 1 heterocycles. The first kappa shape index (κ1) is 12.2. The van der Waals surface area contributed by atoms with Gasteiger partial charge in [0.1, 0.15) is 0 Å². The van der Waals surface area contributed by atoms with Crippen LogP contribution in [0.3, 0.4) is 0 Å². The van der Waals surface area contributed by atoms with E-state index in [0.29, 0.717) is 11.5 Å². The van der Waals surface area contributed by atoms with Gasteiger partial charge in [0.05, 0.1) is 3.79 Å². The van der Waals surface area contributed by atoms with Crippen molar-refractivity contribution < 1.29 is 0 Å². The minimum Gasteiger partial charge on any atom is -0.316 e. The third-order valence-electron chi connectivity index (χ3n) is 2.43. The van der Waals surface area contributed by atoms with Gasteiger partial charge in [-0.25, -0.2) is 0 Å². The summed E-state index contributed by atoms with van der Waals surface area (Å²) in [5, 5.41) is 3.39. The molecular weight excluding hydrogens is 258 g/mol. The van der Waals surface area contributed by atoms with Crippen molar-refractivity contribution in [2.75, 3.05) is 7.05 Å². The van der Waals surface area contributed by atoms with E-state index in [0.717, 1.165) is 6.42 Å². The summed E-state index contributed by atoms with van der Waals surface area (Å²) in [5.74, 6) is 0. The van der Waals surface area contributed by atoms with Crippen molar-refractivity contribution in [2.24, 2.45) is 5.41 Å². The normalized spacial score (nSPS) is 14.4. The lowest BCUT2D eigenvalue weighted by molar-refractivity contribution is 0.281. The molecule has 0 aliphatic carbocycles. The van der Waals surface area contributed by atoms with Gasteiger partial charge >= 0.3 is 0 Å². The fourth-order valence-corrected chi connectivity index (χ4v) is 3.03. The Hall–Kier alpha value is 0.140. The van der Waals surface area contributed by atoms with Crippen molar-refractivity contribution in [1.29, 1.82) is 0 Å². The van der Waals surface area contributed by atoms with Crippen LogP contribution in [0.15, 0.2) is 15.9 Å². The second-order valence-electron chi connectivity index (χ2n) is 4.62. The van der Waals surface area contributed by atoms with Crippen molar-refractivity contribution >= 4 is 27.3 Å². The van der Waals surface area contributed by atoms with Crippen LogP contribution in [-0.2, 0) is 6.42 Å². The highest BCUT2D eigenvalue weighted by Crippen LogP contribution is 2.27. The molecule has 0 amide bonds. The first-order valence-corrected chi connectivity index (χ1v) is 6.46. The van der Waals surface area contributed by atoms with Gasteiger partial charge in [-0.1, -0.05) is 20.8 Å². The van der Waals surface area contributed by atoms with Crippen molar-refractivity contribution in [3.05, 3.63) is 20.8 Å². The third kappa shape index (κ3) is 3.37. The van der Waals surface area contributed by atoms with Crippen LogP contribution >= 0.6 is 27.3 Å². The van der Waals surface area contributed by atoms with Gasteiger partial charge in [0.25, 0.3) is 0 Å². The van der Waals surface area contributed by atoms with Gasteiger partial charge in [0, 0.05) is 10.9 Å². The number of likely N-dealkylation sites (N-methyl/N-ethyl adjacent to an activating group) is 1. The van der Waals surface area contributed by atoms with Crippen LogP contribution < -0.4 is 5.32 Å². The molecule has 1 nitrogen and oxygen atoms in total. The molecule has 0 fully saturated rings. The fourth-order valence-electron chi connectivity index (χ4n) is 1.50. The second-order valence-corrected chi connectivity index (χ2v) is 7.16. The van der Waals surface area contributed by atoms with E-state index >= 15 is 0 Å². The molecule has 0 saturated carbocycles. The van der Waals surface area contributed by atoms with Crippen LogP contribution in [0.1, 0.15) is 25.6 Å². The van der Waals surface area contributed by atoms with Crippen molar-refractivity contribution in [3.8, 4) is 0 Å². The number of halogens is 1. The van der Waals surface area contributed by atoms with Crippen LogP contribution in [0.25, 0.3) is 0 Å². The predicted molar refractivity (Wildman–Crippen MR) is 68.0 cm³/mol. The smallest absolute Gasteiger partial charge is 0.0701 e. The quantitative estimate of drug-likeness (QED) is 0.888. The van der Waals surface area contributed by atoms with Gasteiger partial charge in [0.2, 0.25) is 0 Å². The number of hydrogen-bond donors (Lipinski definition) is 1. The van der Waals surface area contributed by atoms with Crippen LogP contribution in [0.4, 0.5) is 0 Å². The summed E-state index contributed by atoms with van der Waals surface area (Å²) in [7, 11) is 2.04. The van der Waals surface area contributed by atoms with E-state index < -0.39 is 0 Å². The van der Waals surface area contributed by atoms with Crippen molar-refractivity contribution in [1.82, 2.24) is 5.32 Å². The molecule has 1 atom stereocenters. The molecule has 0 spiro atoms. The molecule has 0 aliphatic rings. The molecule has 0 bridgehead atoms. The van der Waals surface area contributed by atoms with Gasteiger partial charge in [-0.2, -0.15) is 0 Å². The lowest BCUT2D eigenvalue weighted by Crippen LogP contribution is -2.39. The Morgan fingerprint density at radius 1 is 1.43 bits per heavy atom. The Labute approximate surface area is 99.0 Å². The summed E-state index contributed by atoms with van der Waals surface area (Å²) >= 11 is 5.32. The van der Waals surface area contributed by atoms with Crippen LogP contribution in [0, 0.1) is 5.41 Å². The highest BCUT2D eigenvalue weighted by atomic mass is 79.9. The monoisotopic (exact) mass is 275 g/mol. The van der Waals surface area contributed by atoms with Gasteiger partial charge in [-0.05, 0) is 46.9 Å². The van der Waals surface area contributed by atoms with Crippen LogP contribution in [0.2, 0.25) is 0 Å². The molecule has 3 heteroatoms. The SMILES string of the molecule is CNC(Cc1ccc(Br)s1)C(C)(C)C. The second kappa shape index (κ2) is 4.77. The summed E-state index contributed by atoms with van der Waals surface area (Å²) in [6.07, 6.45) is 1.11. The molecular formula is C11H18BrNS. The summed E-state index contributed by atoms with van der Waals surface area (Å²) in [6.45, 7) is 6.82. The molecule has 14 heavy (non-hydrogen) atoms. The molecule has 0 aliphatic heterocycles. The van der Waals surface area contributed by atoms with E-state index in [2.05, 4.69) is 54.2 Å². The Morgan fingerprint density at radius 2 is 2.07 bits per heavy atom. The molecule has 0 radical (unpaired) electrons. The average molecular weight is 276 g/mol. The minimum atomic E-state index is 0.311. The van der Waals surface area contributed by atoms with E-state index in [-0.39, 0.29) is 0 Å². The Bertz CT molecular complexity index is 288. The maximum Gasteiger partial charge on any atom is 0.0701 e. The molecule has 1 unspecified atom stereocenters. The van der Waals surface area contributed by atoms with E-state index in [1.54, 1.807) is 0 Å². The predicted octanol–water partition coefficient (Wildman–Crippen LogP) is 3.69. The molecule has 1 aromatic heterocycles. The third-order valence-corrected chi connectivity index (χ3v) is 4.07. The van der Waals surface area contributed by atoms with Gasteiger partial charge in [-0.3, -0.25) is 0 Å². The first-order chi connectivity index (χ1) is 6.43. The standard InChI is InChI=1S/C11H18BrNS/c1-11(2,3)9(13-4)7-8-5-6-10(12)14-8/h5-6,9,13H,7H2,1-4H3. The van der Waals surface area contributed by atoms with Crippen LogP contribution in [-0.4, -0.2) is 13.1 Å². The number of rotatable bonds is 3. The van der Waals surface area contributed by atoms with E-state index in [9.17, 15) is 0 Å². The Balaban J connectivity index is 2.66. The van der Waals surface area contributed by atoms with E-state index in [1.165, 1.54) is 8.66 Å². The van der Waals surface area contributed by atoms with E-state index in [4.69, 9.17) is 0 Å². The Morgan fingerprint density at radius 3 is 2.43 bits per heavy atom. The lowest BCUT2D eigenvalue weighted by atomic mass is 9.84.